The van der Waals surface area contributed by atoms with Crippen LogP contribution in [0.2, 0.25) is 0 Å². The monoisotopic (exact) mass is 547 g/mol. The summed E-state index contributed by atoms with van der Waals surface area (Å²) in [6.45, 7) is 13.3. The third-order valence-corrected chi connectivity index (χ3v) is 7.37. The highest BCUT2D eigenvalue weighted by atomic mass is 32.2. The van der Waals surface area contributed by atoms with Gasteiger partial charge in [0, 0.05) is 11.6 Å². The average molecular weight is 548 g/mol. The van der Waals surface area contributed by atoms with Crippen molar-refractivity contribution in [3.05, 3.63) is 35.4 Å². The third-order valence-electron chi connectivity index (χ3n) is 6.72. The zero-order valence-electron chi connectivity index (χ0n) is 24.7. The van der Waals surface area contributed by atoms with Gasteiger partial charge in [0.2, 0.25) is 11.8 Å². The first-order valence-electron chi connectivity index (χ1n) is 14.0. The Bertz CT molecular complexity index is 915. The maximum atomic E-state index is 14.3. The van der Waals surface area contributed by atoms with Gasteiger partial charge in [0.25, 0.3) is 0 Å². The molecule has 38 heavy (non-hydrogen) atoms. The van der Waals surface area contributed by atoms with Crippen molar-refractivity contribution >= 4 is 29.7 Å². The summed E-state index contributed by atoms with van der Waals surface area (Å²) in [4.78, 5) is 42.7. The smallest absolute Gasteiger partial charge is 0.408 e. The molecule has 0 aromatic heterocycles. The van der Waals surface area contributed by atoms with Gasteiger partial charge in [0.15, 0.2) is 0 Å². The molecule has 0 bridgehead atoms. The molecule has 214 valence electrons. The highest BCUT2D eigenvalue weighted by Gasteiger charge is 2.42. The quantitative estimate of drug-likeness (QED) is 0.374. The molecular formula is C30H49N3O4S. The molecule has 1 fully saturated rings. The first-order valence-corrected chi connectivity index (χ1v) is 15.4. The Hall–Kier alpha value is -2.22. The number of hydrogen-bond donors (Lipinski definition) is 2. The topological polar surface area (TPSA) is 87.7 Å². The van der Waals surface area contributed by atoms with E-state index in [-0.39, 0.29) is 17.9 Å². The fraction of sp³-hybridized carbons (Fsp3) is 0.700. The Morgan fingerprint density at radius 2 is 1.63 bits per heavy atom. The highest BCUT2D eigenvalue weighted by Crippen LogP contribution is 2.31. The van der Waals surface area contributed by atoms with Gasteiger partial charge in [-0.1, -0.05) is 50.5 Å². The lowest BCUT2D eigenvalue weighted by molar-refractivity contribution is -0.148. The lowest BCUT2D eigenvalue weighted by Crippen LogP contribution is -2.59. The maximum absolute atomic E-state index is 14.3. The largest absolute Gasteiger partial charge is 0.444 e. The number of hydrogen-bond acceptors (Lipinski definition) is 5. The number of nitrogens with zero attached hydrogens (tertiary/aromatic N) is 1. The van der Waals surface area contributed by atoms with Crippen LogP contribution in [0, 0.1) is 0 Å². The third kappa shape index (κ3) is 9.83. The van der Waals surface area contributed by atoms with E-state index in [0.29, 0.717) is 12.2 Å². The van der Waals surface area contributed by atoms with Crippen molar-refractivity contribution in [2.24, 2.45) is 0 Å². The summed E-state index contributed by atoms with van der Waals surface area (Å²) < 4.78 is 5.48. The molecule has 0 spiro atoms. The number of thioether (sulfide) groups is 1. The molecule has 8 heteroatoms. The van der Waals surface area contributed by atoms with Crippen LogP contribution in [0.15, 0.2) is 24.3 Å². The number of amides is 3. The Kier molecular flexibility index (Phi) is 12.0. The number of rotatable bonds is 10. The van der Waals surface area contributed by atoms with Gasteiger partial charge in [0.1, 0.15) is 17.7 Å². The minimum atomic E-state index is -0.826. The van der Waals surface area contributed by atoms with Crippen LogP contribution in [0.25, 0.3) is 0 Å². The summed E-state index contributed by atoms with van der Waals surface area (Å²) in [7, 11) is 0. The van der Waals surface area contributed by atoms with Crippen LogP contribution in [-0.4, -0.2) is 58.0 Å². The molecule has 0 aliphatic heterocycles. The lowest BCUT2D eigenvalue weighted by Gasteiger charge is -2.43. The van der Waals surface area contributed by atoms with E-state index < -0.39 is 29.3 Å². The summed E-state index contributed by atoms with van der Waals surface area (Å²) in [5.74, 6) is 0.208. The van der Waals surface area contributed by atoms with Crippen molar-refractivity contribution in [1.29, 1.82) is 0 Å². The van der Waals surface area contributed by atoms with Crippen molar-refractivity contribution in [1.82, 2.24) is 15.5 Å². The first kappa shape index (κ1) is 32.0. The Labute approximate surface area is 234 Å². The molecule has 2 atom stereocenters. The molecule has 7 nitrogen and oxygen atoms in total. The zero-order chi connectivity index (χ0) is 28.5. The standard InChI is InChI=1S/C30H49N3O4S/c1-9-21-15-17-22(18-16-21)25(26(34)31-23-13-11-10-12-14-23)33(29(2,3)4)27(35)24(19-20-38-8)32-28(36)37-30(5,6)7/h15-18,23-25H,9-14,19-20H2,1-8H3,(H,31,34)(H,32,36). The molecule has 0 heterocycles. The normalized spacial score (nSPS) is 16.3. The molecule has 3 amide bonds. The van der Waals surface area contributed by atoms with Crippen LogP contribution >= 0.6 is 11.8 Å². The number of benzene rings is 1. The van der Waals surface area contributed by atoms with Gasteiger partial charge in [-0.05, 0) is 90.4 Å². The molecule has 0 saturated heterocycles. The number of alkyl carbamates (subject to hydrolysis) is 1. The second kappa shape index (κ2) is 14.2. The second-order valence-corrected chi connectivity index (χ2v) is 13.2. The molecule has 1 aromatic rings. The van der Waals surface area contributed by atoms with Crippen LogP contribution < -0.4 is 10.6 Å². The predicted octanol–water partition coefficient (Wildman–Crippen LogP) is 6.01. The minimum absolute atomic E-state index is 0.109. The number of aryl methyl sites for hydroxylation is 1. The van der Waals surface area contributed by atoms with Gasteiger partial charge >= 0.3 is 6.09 Å². The van der Waals surface area contributed by atoms with Crippen LogP contribution in [0.1, 0.15) is 104 Å². The van der Waals surface area contributed by atoms with E-state index in [0.717, 1.165) is 37.7 Å². The maximum Gasteiger partial charge on any atom is 0.408 e. The summed E-state index contributed by atoms with van der Waals surface area (Å²) in [5, 5.41) is 6.07. The molecule has 2 N–H and O–H groups in total. The Morgan fingerprint density at radius 1 is 1.03 bits per heavy atom. The summed E-state index contributed by atoms with van der Waals surface area (Å²) >= 11 is 1.60. The number of nitrogens with one attached hydrogen (secondary N) is 2. The van der Waals surface area contributed by atoms with Crippen molar-refractivity contribution < 1.29 is 19.1 Å². The van der Waals surface area contributed by atoms with E-state index in [1.165, 1.54) is 12.0 Å². The molecular weight excluding hydrogens is 498 g/mol. The number of ether oxygens (including phenoxy) is 1. The molecule has 1 saturated carbocycles. The number of carbonyl (C=O) groups excluding carboxylic acids is 3. The molecule has 1 aliphatic rings. The van der Waals surface area contributed by atoms with E-state index in [4.69, 9.17) is 4.74 Å². The van der Waals surface area contributed by atoms with E-state index in [1.807, 2.05) is 51.3 Å². The molecule has 1 aromatic carbocycles. The van der Waals surface area contributed by atoms with Crippen LogP contribution in [0.5, 0.6) is 0 Å². The summed E-state index contributed by atoms with van der Waals surface area (Å²) in [6.07, 6.45) is 7.93. The van der Waals surface area contributed by atoms with Gasteiger partial charge < -0.3 is 20.3 Å². The molecule has 2 unspecified atom stereocenters. The van der Waals surface area contributed by atoms with Crippen LogP contribution in [-0.2, 0) is 20.7 Å². The van der Waals surface area contributed by atoms with Crippen molar-refractivity contribution in [2.75, 3.05) is 12.0 Å². The van der Waals surface area contributed by atoms with Gasteiger partial charge in [0.05, 0.1) is 0 Å². The average Bonchev–Trinajstić information content (AvgIpc) is 2.83. The fourth-order valence-corrected chi connectivity index (χ4v) is 5.31. The molecule has 2 rings (SSSR count). The Balaban J connectivity index is 2.49. The van der Waals surface area contributed by atoms with Crippen molar-refractivity contribution in [3.8, 4) is 0 Å². The second-order valence-electron chi connectivity index (χ2n) is 12.2. The van der Waals surface area contributed by atoms with E-state index in [2.05, 4.69) is 17.6 Å². The van der Waals surface area contributed by atoms with E-state index in [9.17, 15) is 14.4 Å². The minimum Gasteiger partial charge on any atom is -0.444 e. The van der Waals surface area contributed by atoms with Gasteiger partial charge in [-0.15, -0.1) is 0 Å². The highest BCUT2D eigenvalue weighted by molar-refractivity contribution is 7.98. The summed E-state index contributed by atoms with van der Waals surface area (Å²) in [6, 6.07) is 6.40. The zero-order valence-corrected chi connectivity index (χ0v) is 25.5. The van der Waals surface area contributed by atoms with Gasteiger partial charge in [-0.25, -0.2) is 4.79 Å². The van der Waals surface area contributed by atoms with Crippen LogP contribution in [0.3, 0.4) is 0 Å². The fourth-order valence-electron chi connectivity index (χ4n) is 4.84. The Morgan fingerprint density at radius 3 is 2.13 bits per heavy atom. The van der Waals surface area contributed by atoms with Crippen molar-refractivity contribution in [3.63, 3.8) is 0 Å². The predicted molar refractivity (Wildman–Crippen MR) is 156 cm³/mol. The molecule has 0 radical (unpaired) electrons. The van der Waals surface area contributed by atoms with Crippen LogP contribution in [0.4, 0.5) is 4.79 Å². The SMILES string of the molecule is CCc1ccc(C(C(=O)NC2CCCCC2)N(C(=O)C(CCSC)NC(=O)OC(C)(C)C)C(C)(C)C)cc1. The van der Waals surface area contributed by atoms with E-state index >= 15 is 0 Å². The summed E-state index contributed by atoms with van der Waals surface area (Å²) in [5.41, 5.74) is 0.546. The molecule has 1 aliphatic carbocycles. The van der Waals surface area contributed by atoms with Gasteiger partial charge in [-0.3, -0.25) is 9.59 Å². The van der Waals surface area contributed by atoms with E-state index in [1.54, 1.807) is 37.4 Å². The van der Waals surface area contributed by atoms with Gasteiger partial charge in [-0.2, -0.15) is 11.8 Å². The lowest BCUT2D eigenvalue weighted by atomic mass is 9.92. The number of carbonyl (C=O) groups is 3. The van der Waals surface area contributed by atoms with Crippen molar-refractivity contribution in [2.45, 2.75) is 123 Å². The first-order chi connectivity index (χ1) is 17.8.